The number of aromatic amines is 1. The summed E-state index contributed by atoms with van der Waals surface area (Å²) in [5, 5.41) is 19.3. The van der Waals surface area contributed by atoms with Crippen LogP contribution in [-0.2, 0) is 4.79 Å². The Balaban J connectivity index is 2.33. The van der Waals surface area contributed by atoms with Crippen LogP contribution >= 0.6 is 0 Å². The minimum Gasteiger partial charge on any atom is -0.480 e. The van der Waals surface area contributed by atoms with E-state index in [9.17, 15) is 14.7 Å². The van der Waals surface area contributed by atoms with Gasteiger partial charge >= 0.3 is 5.97 Å². The molecule has 1 aromatic rings. The van der Waals surface area contributed by atoms with E-state index in [1.807, 2.05) is 0 Å². The third-order valence-corrected chi connectivity index (χ3v) is 3.52. The number of aryl methyl sites for hydroxylation is 1. The molecule has 1 amide bonds. The SMILES string of the molecule is Cc1n[nH]nc1C(=O)N1CCCC[C@@]1(C)C(=O)O. The van der Waals surface area contributed by atoms with Crippen molar-refractivity contribution in [2.24, 2.45) is 0 Å². The highest BCUT2D eigenvalue weighted by Crippen LogP contribution is 2.29. The molecule has 2 rings (SSSR count). The van der Waals surface area contributed by atoms with E-state index >= 15 is 0 Å². The summed E-state index contributed by atoms with van der Waals surface area (Å²) in [6.07, 6.45) is 2.08. The Morgan fingerprint density at radius 3 is 2.67 bits per heavy atom. The standard InChI is InChI=1S/C11H16N4O3/c1-7-8(13-14-12-7)9(16)15-6-4-3-5-11(15,2)10(17)18/h3-6H2,1-2H3,(H,17,18)(H,12,13,14)/t11-/m0/s1. The summed E-state index contributed by atoms with van der Waals surface area (Å²) in [5.41, 5.74) is -0.469. The first-order valence-electron chi connectivity index (χ1n) is 5.89. The summed E-state index contributed by atoms with van der Waals surface area (Å²) in [6.45, 7) is 3.69. The zero-order chi connectivity index (χ0) is 13.3. The molecule has 2 heterocycles. The van der Waals surface area contributed by atoms with Crippen LogP contribution in [-0.4, -0.2) is 49.4 Å². The van der Waals surface area contributed by atoms with Crippen molar-refractivity contribution in [3.05, 3.63) is 11.4 Å². The second-order valence-electron chi connectivity index (χ2n) is 4.75. The third-order valence-electron chi connectivity index (χ3n) is 3.52. The molecule has 1 atom stereocenters. The minimum atomic E-state index is -1.15. The van der Waals surface area contributed by atoms with Crippen LogP contribution in [0.25, 0.3) is 0 Å². The first-order valence-corrected chi connectivity index (χ1v) is 5.89. The molecule has 7 heteroatoms. The number of aromatic nitrogens is 3. The summed E-state index contributed by atoms with van der Waals surface area (Å²) in [6, 6.07) is 0. The molecule has 1 aliphatic heterocycles. The third kappa shape index (κ3) is 1.85. The predicted octanol–water partition coefficient (Wildman–Crippen LogP) is 0.583. The average Bonchev–Trinajstić information content (AvgIpc) is 2.75. The fourth-order valence-corrected chi connectivity index (χ4v) is 2.28. The Morgan fingerprint density at radius 1 is 1.39 bits per heavy atom. The molecule has 1 aliphatic rings. The van der Waals surface area contributed by atoms with Gasteiger partial charge in [-0.3, -0.25) is 4.79 Å². The molecule has 98 valence electrons. The van der Waals surface area contributed by atoms with Crippen molar-refractivity contribution in [3.8, 4) is 0 Å². The number of carboxylic acid groups (broad SMARTS) is 1. The van der Waals surface area contributed by atoms with Crippen LogP contribution in [0.4, 0.5) is 0 Å². The molecular formula is C11H16N4O3. The number of aliphatic carboxylic acids is 1. The molecule has 0 radical (unpaired) electrons. The predicted molar refractivity (Wildman–Crippen MR) is 62.0 cm³/mol. The summed E-state index contributed by atoms with van der Waals surface area (Å²) in [5.74, 6) is -1.34. The lowest BCUT2D eigenvalue weighted by Crippen LogP contribution is -2.57. The summed E-state index contributed by atoms with van der Waals surface area (Å²) >= 11 is 0. The van der Waals surface area contributed by atoms with Gasteiger partial charge in [-0.1, -0.05) is 0 Å². The number of amides is 1. The number of nitrogens with one attached hydrogen (secondary N) is 1. The number of hydrogen-bond donors (Lipinski definition) is 2. The minimum absolute atomic E-state index is 0.198. The van der Waals surface area contributed by atoms with Gasteiger partial charge in [0.25, 0.3) is 5.91 Å². The number of nitrogens with zero attached hydrogens (tertiary/aromatic N) is 3. The fourth-order valence-electron chi connectivity index (χ4n) is 2.28. The molecule has 7 nitrogen and oxygen atoms in total. The van der Waals surface area contributed by atoms with Crippen molar-refractivity contribution in [1.82, 2.24) is 20.3 Å². The lowest BCUT2D eigenvalue weighted by molar-refractivity contribution is -0.150. The van der Waals surface area contributed by atoms with E-state index in [2.05, 4.69) is 15.4 Å². The van der Waals surface area contributed by atoms with Gasteiger partial charge < -0.3 is 10.0 Å². The molecular weight excluding hydrogens is 236 g/mol. The van der Waals surface area contributed by atoms with Gasteiger partial charge in [-0.05, 0) is 33.1 Å². The molecule has 0 aromatic carbocycles. The molecule has 0 saturated carbocycles. The average molecular weight is 252 g/mol. The van der Waals surface area contributed by atoms with Gasteiger partial charge in [-0.2, -0.15) is 15.4 Å². The molecule has 0 bridgehead atoms. The van der Waals surface area contributed by atoms with Crippen LogP contribution in [0.2, 0.25) is 0 Å². The van der Waals surface area contributed by atoms with E-state index in [-0.39, 0.29) is 11.6 Å². The van der Waals surface area contributed by atoms with E-state index in [1.54, 1.807) is 13.8 Å². The highest BCUT2D eigenvalue weighted by Gasteiger charge is 2.44. The van der Waals surface area contributed by atoms with E-state index in [1.165, 1.54) is 4.90 Å². The van der Waals surface area contributed by atoms with Crippen molar-refractivity contribution in [2.75, 3.05) is 6.54 Å². The number of H-pyrrole nitrogens is 1. The molecule has 0 aliphatic carbocycles. The summed E-state index contributed by atoms with van der Waals surface area (Å²) in [7, 11) is 0. The van der Waals surface area contributed by atoms with Gasteiger partial charge in [-0.25, -0.2) is 4.79 Å². The van der Waals surface area contributed by atoms with Crippen LogP contribution in [0, 0.1) is 6.92 Å². The zero-order valence-electron chi connectivity index (χ0n) is 10.4. The lowest BCUT2D eigenvalue weighted by Gasteiger charge is -2.41. The van der Waals surface area contributed by atoms with Crippen molar-refractivity contribution >= 4 is 11.9 Å². The van der Waals surface area contributed by atoms with Gasteiger partial charge in [0.15, 0.2) is 5.69 Å². The van der Waals surface area contributed by atoms with Gasteiger partial charge in [0.05, 0.1) is 5.69 Å². The Hall–Kier alpha value is -1.92. The maximum atomic E-state index is 12.3. The number of likely N-dealkylation sites (tertiary alicyclic amines) is 1. The Kier molecular flexibility index (Phi) is 3.06. The molecule has 1 fully saturated rings. The van der Waals surface area contributed by atoms with Crippen molar-refractivity contribution in [3.63, 3.8) is 0 Å². The maximum Gasteiger partial charge on any atom is 0.329 e. The Labute approximate surface area is 104 Å². The molecule has 1 saturated heterocycles. The number of carboxylic acids is 1. The van der Waals surface area contributed by atoms with E-state index < -0.39 is 11.5 Å². The number of carbonyl (C=O) groups excluding carboxylic acids is 1. The Morgan fingerprint density at radius 2 is 2.11 bits per heavy atom. The first kappa shape index (κ1) is 12.5. The Bertz CT molecular complexity index is 484. The highest BCUT2D eigenvalue weighted by molar-refractivity contribution is 5.97. The van der Waals surface area contributed by atoms with Crippen LogP contribution in [0.1, 0.15) is 42.4 Å². The van der Waals surface area contributed by atoms with Crippen LogP contribution in [0.5, 0.6) is 0 Å². The number of piperidine rings is 1. The zero-order valence-corrected chi connectivity index (χ0v) is 10.4. The number of carbonyl (C=O) groups is 2. The van der Waals surface area contributed by atoms with E-state index in [0.717, 1.165) is 12.8 Å². The van der Waals surface area contributed by atoms with Crippen molar-refractivity contribution in [1.29, 1.82) is 0 Å². The first-order chi connectivity index (χ1) is 8.47. The van der Waals surface area contributed by atoms with Gasteiger partial charge in [0.2, 0.25) is 0 Å². The second kappa shape index (κ2) is 4.40. The van der Waals surface area contributed by atoms with Gasteiger partial charge in [-0.15, -0.1) is 0 Å². The van der Waals surface area contributed by atoms with Crippen molar-refractivity contribution in [2.45, 2.75) is 38.6 Å². The fraction of sp³-hybridized carbons (Fsp3) is 0.636. The normalized spacial score (nSPS) is 24.0. The lowest BCUT2D eigenvalue weighted by atomic mass is 9.88. The van der Waals surface area contributed by atoms with E-state index in [0.29, 0.717) is 18.7 Å². The smallest absolute Gasteiger partial charge is 0.329 e. The second-order valence-corrected chi connectivity index (χ2v) is 4.75. The summed E-state index contributed by atoms with van der Waals surface area (Å²) < 4.78 is 0. The van der Waals surface area contributed by atoms with Crippen molar-refractivity contribution < 1.29 is 14.7 Å². The van der Waals surface area contributed by atoms with Crippen LogP contribution in [0.3, 0.4) is 0 Å². The van der Waals surface area contributed by atoms with Crippen LogP contribution < -0.4 is 0 Å². The molecule has 2 N–H and O–H groups in total. The van der Waals surface area contributed by atoms with Gasteiger partial charge in [0, 0.05) is 6.54 Å². The summed E-state index contributed by atoms with van der Waals surface area (Å²) in [4.78, 5) is 25.1. The molecule has 18 heavy (non-hydrogen) atoms. The molecule has 0 unspecified atom stereocenters. The van der Waals surface area contributed by atoms with Gasteiger partial charge in [0.1, 0.15) is 5.54 Å². The number of hydrogen-bond acceptors (Lipinski definition) is 4. The quantitative estimate of drug-likeness (QED) is 0.802. The number of rotatable bonds is 2. The topological polar surface area (TPSA) is 99.2 Å². The maximum absolute atomic E-state index is 12.3. The highest BCUT2D eigenvalue weighted by atomic mass is 16.4. The van der Waals surface area contributed by atoms with E-state index in [4.69, 9.17) is 0 Å². The largest absolute Gasteiger partial charge is 0.480 e. The monoisotopic (exact) mass is 252 g/mol. The molecule has 0 spiro atoms. The van der Waals surface area contributed by atoms with Crippen LogP contribution in [0.15, 0.2) is 0 Å². The molecule has 1 aromatic heterocycles.